The highest BCUT2D eigenvalue weighted by Crippen LogP contribution is 2.19. The van der Waals surface area contributed by atoms with Crippen molar-refractivity contribution < 1.29 is 0 Å². The molecule has 0 aliphatic carbocycles. The van der Waals surface area contributed by atoms with Gasteiger partial charge in [-0.1, -0.05) is 61.5 Å². The lowest BCUT2D eigenvalue weighted by molar-refractivity contribution is 0.799. The molecule has 0 saturated carbocycles. The molecule has 2 heteroatoms. The molecule has 0 saturated heterocycles. The van der Waals surface area contributed by atoms with Gasteiger partial charge >= 0.3 is 0 Å². The second-order valence-corrected chi connectivity index (χ2v) is 7.68. The number of rotatable bonds is 4. The summed E-state index contributed by atoms with van der Waals surface area (Å²) in [7, 11) is 0. The van der Waals surface area contributed by atoms with Crippen LogP contribution in [0.15, 0.2) is 36.8 Å². The maximum absolute atomic E-state index is 4.32. The molecule has 0 atom stereocenters. The van der Waals surface area contributed by atoms with Crippen LogP contribution in [0.4, 0.5) is 0 Å². The van der Waals surface area contributed by atoms with Crippen LogP contribution < -0.4 is 0 Å². The summed E-state index contributed by atoms with van der Waals surface area (Å²) in [5.41, 5.74) is 5.25. The van der Waals surface area contributed by atoms with Gasteiger partial charge in [-0.25, -0.2) is 0 Å². The van der Waals surface area contributed by atoms with E-state index in [0.717, 1.165) is 0 Å². The SMILES string of the molecule is CC(C)c1ccnc(C(C)C)c1.CC(C)c1cncc(C(C)C)c1. The summed E-state index contributed by atoms with van der Waals surface area (Å²) < 4.78 is 0. The molecule has 0 unspecified atom stereocenters. The summed E-state index contributed by atoms with van der Waals surface area (Å²) in [5, 5.41) is 0. The minimum absolute atomic E-state index is 0.531. The molecule has 0 aliphatic rings. The average molecular weight is 327 g/mol. The summed E-state index contributed by atoms with van der Waals surface area (Å²) in [6, 6.07) is 6.55. The molecule has 2 rings (SSSR count). The van der Waals surface area contributed by atoms with Crippen molar-refractivity contribution in [3.05, 3.63) is 59.2 Å². The molecule has 2 aromatic rings. The average Bonchev–Trinajstić information content (AvgIpc) is 2.55. The maximum atomic E-state index is 4.32. The largest absolute Gasteiger partial charge is 0.264 e. The van der Waals surface area contributed by atoms with E-state index in [1.807, 2.05) is 18.6 Å². The Morgan fingerprint density at radius 2 is 1.12 bits per heavy atom. The molecule has 2 heterocycles. The van der Waals surface area contributed by atoms with Gasteiger partial charge in [0.15, 0.2) is 0 Å². The molecule has 2 aromatic heterocycles. The highest BCUT2D eigenvalue weighted by atomic mass is 14.7. The lowest BCUT2D eigenvalue weighted by Crippen LogP contribution is -1.95. The molecule has 132 valence electrons. The summed E-state index contributed by atoms with van der Waals surface area (Å²) in [5.74, 6) is 2.29. The Bertz CT molecular complexity index is 511. The van der Waals surface area contributed by atoms with E-state index in [-0.39, 0.29) is 0 Å². The third-order valence-electron chi connectivity index (χ3n) is 4.18. The first-order chi connectivity index (χ1) is 11.2. The molecule has 0 N–H and O–H groups in total. The molecule has 0 spiro atoms. The van der Waals surface area contributed by atoms with Gasteiger partial charge in [0.05, 0.1) is 0 Å². The van der Waals surface area contributed by atoms with Crippen LogP contribution in [0, 0.1) is 0 Å². The normalized spacial score (nSPS) is 11.2. The van der Waals surface area contributed by atoms with E-state index < -0.39 is 0 Å². The smallest absolute Gasteiger partial charge is 0.0431 e. The number of aromatic nitrogens is 2. The van der Waals surface area contributed by atoms with Gasteiger partial charge in [0.2, 0.25) is 0 Å². The zero-order chi connectivity index (χ0) is 18.3. The minimum atomic E-state index is 0.531. The van der Waals surface area contributed by atoms with Crippen molar-refractivity contribution >= 4 is 0 Å². The molecule has 0 aliphatic heterocycles. The Kier molecular flexibility index (Phi) is 8.10. The van der Waals surface area contributed by atoms with Crippen molar-refractivity contribution in [3.8, 4) is 0 Å². The lowest BCUT2D eigenvalue weighted by atomic mass is 9.99. The van der Waals surface area contributed by atoms with Crippen LogP contribution in [0.1, 0.15) is 101 Å². The van der Waals surface area contributed by atoms with Crippen molar-refractivity contribution in [1.82, 2.24) is 9.97 Å². The van der Waals surface area contributed by atoms with Crippen molar-refractivity contribution in [2.45, 2.75) is 79.1 Å². The van der Waals surface area contributed by atoms with Crippen molar-refractivity contribution in [2.75, 3.05) is 0 Å². The fourth-order valence-corrected chi connectivity index (χ4v) is 2.25. The van der Waals surface area contributed by atoms with Gasteiger partial charge in [-0.3, -0.25) is 9.97 Å². The van der Waals surface area contributed by atoms with E-state index in [0.29, 0.717) is 23.7 Å². The van der Waals surface area contributed by atoms with Gasteiger partial charge in [0.1, 0.15) is 0 Å². The van der Waals surface area contributed by atoms with Crippen LogP contribution in [-0.2, 0) is 0 Å². The molecule has 2 nitrogen and oxygen atoms in total. The predicted octanol–water partition coefficient (Wildman–Crippen LogP) is 6.66. The quantitative estimate of drug-likeness (QED) is 0.628. The van der Waals surface area contributed by atoms with Crippen molar-refractivity contribution in [1.29, 1.82) is 0 Å². The van der Waals surface area contributed by atoms with Crippen molar-refractivity contribution in [3.63, 3.8) is 0 Å². The summed E-state index contributed by atoms with van der Waals surface area (Å²) in [4.78, 5) is 8.55. The van der Waals surface area contributed by atoms with Gasteiger partial charge < -0.3 is 0 Å². The Morgan fingerprint density at radius 1 is 0.625 bits per heavy atom. The third kappa shape index (κ3) is 6.43. The topological polar surface area (TPSA) is 25.8 Å². The van der Waals surface area contributed by atoms with Gasteiger partial charge in [-0.05, 0) is 52.5 Å². The van der Waals surface area contributed by atoms with Crippen LogP contribution in [-0.4, -0.2) is 9.97 Å². The number of nitrogens with zero attached hydrogens (tertiary/aromatic N) is 2. The molecule has 0 fully saturated rings. The van der Waals surface area contributed by atoms with E-state index in [2.05, 4.69) is 83.6 Å². The fourth-order valence-electron chi connectivity index (χ4n) is 2.25. The Hall–Kier alpha value is -1.70. The molecular formula is C22H34N2. The highest BCUT2D eigenvalue weighted by Gasteiger charge is 2.04. The van der Waals surface area contributed by atoms with Crippen LogP contribution in [0.5, 0.6) is 0 Å². The molecule has 24 heavy (non-hydrogen) atoms. The highest BCUT2D eigenvalue weighted by molar-refractivity contribution is 5.23. The number of hydrogen-bond acceptors (Lipinski definition) is 2. The van der Waals surface area contributed by atoms with Crippen molar-refractivity contribution in [2.24, 2.45) is 0 Å². The summed E-state index contributed by atoms with van der Waals surface area (Å²) >= 11 is 0. The molecular weight excluding hydrogens is 292 g/mol. The lowest BCUT2D eigenvalue weighted by Gasteiger charge is -2.09. The number of hydrogen-bond donors (Lipinski definition) is 0. The monoisotopic (exact) mass is 326 g/mol. The first-order valence-corrected chi connectivity index (χ1v) is 9.13. The van der Waals surface area contributed by atoms with Gasteiger partial charge in [-0.2, -0.15) is 0 Å². The standard InChI is InChI=1S/2C11H17N/c1-8(2)10-5-11(9(3)4)7-12-6-10;1-8(2)10-5-6-12-11(7-10)9(3)4/h2*5-9H,1-4H3. The molecule has 0 radical (unpaired) electrons. The Labute approximate surface area is 148 Å². The second kappa shape index (κ2) is 9.56. The first kappa shape index (κ1) is 20.3. The molecule has 0 aromatic carbocycles. The first-order valence-electron chi connectivity index (χ1n) is 9.13. The van der Waals surface area contributed by atoms with E-state index in [1.54, 1.807) is 0 Å². The zero-order valence-electron chi connectivity index (χ0n) is 16.7. The van der Waals surface area contributed by atoms with E-state index >= 15 is 0 Å². The predicted molar refractivity (Wildman–Crippen MR) is 105 cm³/mol. The summed E-state index contributed by atoms with van der Waals surface area (Å²) in [6.45, 7) is 17.5. The molecule has 0 bridgehead atoms. The van der Waals surface area contributed by atoms with Crippen LogP contribution in [0.3, 0.4) is 0 Å². The third-order valence-corrected chi connectivity index (χ3v) is 4.18. The Morgan fingerprint density at radius 3 is 1.54 bits per heavy atom. The van der Waals surface area contributed by atoms with Gasteiger partial charge in [0, 0.05) is 24.3 Å². The van der Waals surface area contributed by atoms with Gasteiger partial charge in [-0.15, -0.1) is 0 Å². The van der Waals surface area contributed by atoms with Crippen LogP contribution in [0.25, 0.3) is 0 Å². The zero-order valence-corrected chi connectivity index (χ0v) is 16.7. The second-order valence-electron chi connectivity index (χ2n) is 7.68. The Balaban J connectivity index is 0.000000240. The number of pyridine rings is 2. The van der Waals surface area contributed by atoms with Gasteiger partial charge in [0.25, 0.3) is 0 Å². The van der Waals surface area contributed by atoms with Crippen LogP contribution in [0.2, 0.25) is 0 Å². The van der Waals surface area contributed by atoms with E-state index in [4.69, 9.17) is 0 Å². The minimum Gasteiger partial charge on any atom is -0.264 e. The van der Waals surface area contributed by atoms with E-state index in [1.165, 1.54) is 22.4 Å². The van der Waals surface area contributed by atoms with Crippen LogP contribution >= 0.6 is 0 Å². The molecule has 0 amide bonds. The fraction of sp³-hybridized carbons (Fsp3) is 0.545. The summed E-state index contributed by atoms with van der Waals surface area (Å²) in [6.07, 6.45) is 5.82. The van der Waals surface area contributed by atoms with E-state index in [9.17, 15) is 0 Å². The maximum Gasteiger partial charge on any atom is 0.0431 e.